The Morgan fingerprint density at radius 1 is 1.36 bits per heavy atom. The van der Waals surface area contributed by atoms with Crippen LogP contribution in [0.2, 0.25) is 5.02 Å². The summed E-state index contributed by atoms with van der Waals surface area (Å²) in [5.41, 5.74) is 0.00974. The Morgan fingerprint density at radius 2 is 2.09 bits per heavy atom. The van der Waals surface area contributed by atoms with Crippen LogP contribution in [0.4, 0.5) is 14.9 Å². The molecule has 0 radical (unpaired) electrons. The summed E-state index contributed by atoms with van der Waals surface area (Å²) in [5, 5.41) is 14.8. The quantitative estimate of drug-likeness (QED) is 0.777. The summed E-state index contributed by atoms with van der Waals surface area (Å²) in [5.74, 6) is -0.673. The van der Waals surface area contributed by atoms with Crippen LogP contribution in [0.15, 0.2) is 18.2 Å². The smallest absolute Gasteiger partial charge is 0.319 e. The maximum absolute atomic E-state index is 13.6. The number of aliphatic hydroxyl groups is 1. The normalized spacial score (nSPS) is 17.0. The molecule has 1 heterocycles. The number of piperidine rings is 1. The molecule has 0 aromatic heterocycles. The molecule has 1 atom stereocenters. The Balaban J connectivity index is 1.73. The number of β-amino-alcohol motifs (C(OH)–C–C–N with tert-alkyl or cyclic N) is 1. The van der Waals surface area contributed by atoms with E-state index in [1.54, 1.807) is 6.07 Å². The molecule has 5 nitrogen and oxygen atoms in total. The van der Waals surface area contributed by atoms with E-state index in [4.69, 9.17) is 11.6 Å². The highest BCUT2D eigenvalue weighted by Crippen LogP contribution is 2.21. The first-order chi connectivity index (χ1) is 10.6. The number of urea groups is 1. The molecule has 2 amide bonds. The summed E-state index contributed by atoms with van der Waals surface area (Å²) >= 11 is 5.64. The lowest BCUT2D eigenvalue weighted by Crippen LogP contribution is -2.43. The first-order valence-corrected chi connectivity index (χ1v) is 7.83. The van der Waals surface area contributed by atoms with Crippen LogP contribution in [0.5, 0.6) is 0 Å². The Morgan fingerprint density at radius 3 is 2.82 bits per heavy atom. The lowest BCUT2D eigenvalue weighted by Gasteiger charge is -2.28. The highest BCUT2D eigenvalue weighted by Gasteiger charge is 2.15. The fraction of sp³-hybridized carbons (Fsp3) is 0.533. The largest absolute Gasteiger partial charge is 0.390 e. The van der Waals surface area contributed by atoms with Crippen LogP contribution in [-0.2, 0) is 0 Å². The van der Waals surface area contributed by atoms with E-state index in [9.17, 15) is 14.3 Å². The van der Waals surface area contributed by atoms with Crippen LogP contribution in [0.25, 0.3) is 0 Å². The minimum atomic E-state index is -0.673. The summed E-state index contributed by atoms with van der Waals surface area (Å²) in [7, 11) is 0. The van der Waals surface area contributed by atoms with E-state index >= 15 is 0 Å². The fourth-order valence-corrected chi connectivity index (χ4v) is 2.66. The van der Waals surface area contributed by atoms with Gasteiger partial charge in [-0.3, -0.25) is 0 Å². The van der Waals surface area contributed by atoms with E-state index in [1.165, 1.54) is 18.6 Å². The third kappa shape index (κ3) is 5.12. The number of benzene rings is 1. The molecule has 0 aliphatic carbocycles. The Bertz CT molecular complexity index is 510. The molecule has 1 fully saturated rings. The minimum absolute atomic E-state index is 0.00974. The van der Waals surface area contributed by atoms with Crippen molar-refractivity contribution >= 4 is 23.3 Å². The van der Waals surface area contributed by atoms with Crippen molar-refractivity contribution in [3.63, 3.8) is 0 Å². The lowest BCUT2D eigenvalue weighted by atomic mass is 10.1. The molecule has 22 heavy (non-hydrogen) atoms. The minimum Gasteiger partial charge on any atom is -0.390 e. The third-order valence-corrected chi connectivity index (χ3v) is 3.91. The zero-order chi connectivity index (χ0) is 15.9. The standard InChI is InChI=1S/C15H21ClFN3O2/c16-12-5-4-6-13(14(12)17)19-15(22)18-9-11(21)10-20-7-2-1-3-8-20/h4-6,11,21H,1-3,7-10H2,(H2,18,19,22)/t11-/m0/s1. The molecule has 3 N–H and O–H groups in total. The Kier molecular flexibility index (Phi) is 6.42. The molecule has 2 rings (SSSR count). The van der Waals surface area contributed by atoms with Gasteiger partial charge in [0.25, 0.3) is 0 Å². The second kappa shape index (κ2) is 8.31. The first-order valence-electron chi connectivity index (χ1n) is 7.45. The van der Waals surface area contributed by atoms with Crippen molar-refractivity contribution in [1.82, 2.24) is 10.2 Å². The van der Waals surface area contributed by atoms with Crippen LogP contribution in [0.3, 0.4) is 0 Å². The number of rotatable bonds is 5. The zero-order valence-corrected chi connectivity index (χ0v) is 13.1. The van der Waals surface area contributed by atoms with Crippen LogP contribution < -0.4 is 10.6 Å². The van der Waals surface area contributed by atoms with Crippen molar-refractivity contribution in [2.24, 2.45) is 0 Å². The van der Waals surface area contributed by atoms with Crippen molar-refractivity contribution in [2.45, 2.75) is 25.4 Å². The van der Waals surface area contributed by atoms with Crippen molar-refractivity contribution in [3.8, 4) is 0 Å². The van der Waals surface area contributed by atoms with E-state index in [0.717, 1.165) is 25.9 Å². The lowest BCUT2D eigenvalue weighted by molar-refractivity contribution is 0.102. The number of nitrogens with zero attached hydrogens (tertiary/aromatic N) is 1. The Hall–Kier alpha value is -1.37. The molecule has 0 bridgehead atoms. The average molecular weight is 330 g/mol. The van der Waals surface area contributed by atoms with Crippen molar-refractivity contribution < 1.29 is 14.3 Å². The molecule has 1 aliphatic heterocycles. The van der Waals surface area contributed by atoms with Gasteiger partial charge in [-0.1, -0.05) is 24.1 Å². The fourth-order valence-electron chi connectivity index (χ4n) is 2.48. The molecular formula is C15H21ClFN3O2. The summed E-state index contributed by atoms with van der Waals surface area (Å²) in [4.78, 5) is 13.9. The SMILES string of the molecule is O=C(NC[C@H](O)CN1CCCCC1)Nc1cccc(Cl)c1F. The van der Waals surface area contributed by atoms with Gasteiger partial charge in [-0.2, -0.15) is 0 Å². The van der Waals surface area contributed by atoms with Crippen LogP contribution >= 0.6 is 11.6 Å². The summed E-state index contributed by atoms with van der Waals surface area (Å²) < 4.78 is 13.6. The van der Waals surface area contributed by atoms with E-state index in [-0.39, 0.29) is 17.3 Å². The highest BCUT2D eigenvalue weighted by atomic mass is 35.5. The molecule has 0 unspecified atom stereocenters. The maximum atomic E-state index is 13.6. The number of carbonyl (C=O) groups excluding carboxylic acids is 1. The number of likely N-dealkylation sites (tertiary alicyclic amines) is 1. The third-order valence-electron chi connectivity index (χ3n) is 3.62. The van der Waals surface area contributed by atoms with Crippen molar-refractivity contribution in [2.75, 3.05) is 31.5 Å². The molecule has 7 heteroatoms. The predicted molar refractivity (Wildman–Crippen MR) is 84.7 cm³/mol. The second-order valence-electron chi connectivity index (χ2n) is 5.45. The van der Waals surface area contributed by atoms with Gasteiger partial charge < -0.3 is 20.6 Å². The monoisotopic (exact) mass is 329 g/mol. The summed E-state index contributed by atoms with van der Waals surface area (Å²) in [6.45, 7) is 2.62. The molecular weight excluding hydrogens is 309 g/mol. The second-order valence-corrected chi connectivity index (χ2v) is 5.86. The van der Waals surface area contributed by atoms with Crippen molar-refractivity contribution in [3.05, 3.63) is 29.0 Å². The molecule has 1 aromatic rings. The van der Waals surface area contributed by atoms with Gasteiger partial charge in [-0.25, -0.2) is 9.18 Å². The molecule has 0 spiro atoms. The molecule has 0 saturated carbocycles. The first kappa shape index (κ1) is 17.0. The van der Waals surface area contributed by atoms with Crippen LogP contribution in [0.1, 0.15) is 19.3 Å². The van der Waals surface area contributed by atoms with Gasteiger partial charge in [-0.05, 0) is 38.1 Å². The summed E-state index contributed by atoms with van der Waals surface area (Å²) in [6.07, 6.45) is 2.88. The van der Waals surface area contributed by atoms with Gasteiger partial charge in [0.05, 0.1) is 16.8 Å². The Labute approximate surface area is 134 Å². The number of anilines is 1. The van der Waals surface area contributed by atoms with Gasteiger partial charge in [0.1, 0.15) is 0 Å². The van der Waals surface area contributed by atoms with Crippen LogP contribution in [0, 0.1) is 5.82 Å². The van der Waals surface area contributed by atoms with Gasteiger partial charge in [-0.15, -0.1) is 0 Å². The predicted octanol–water partition coefficient (Wildman–Crippen LogP) is 2.45. The van der Waals surface area contributed by atoms with Gasteiger partial charge >= 0.3 is 6.03 Å². The number of carbonyl (C=O) groups is 1. The zero-order valence-electron chi connectivity index (χ0n) is 12.3. The average Bonchev–Trinajstić information content (AvgIpc) is 2.51. The van der Waals surface area contributed by atoms with Crippen molar-refractivity contribution in [1.29, 1.82) is 0 Å². The number of aliphatic hydroxyl groups excluding tert-OH is 1. The highest BCUT2D eigenvalue weighted by molar-refractivity contribution is 6.31. The van der Waals surface area contributed by atoms with E-state index in [1.807, 2.05) is 0 Å². The topological polar surface area (TPSA) is 64.6 Å². The maximum Gasteiger partial charge on any atom is 0.319 e. The number of amides is 2. The number of hydrogen-bond donors (Lipinski definition) is 3. The van der Waals surface area contributed by atoms with E-state index in [2.05, 4.69) is 15.5 Å². The molecule has 1 aliphatic rings. The number of hydrogen-bond acceptors (Lipinski definition) is 3. The van der Waals surface area contributed by atoms with Gasteiger partial charge in [0.15, 0.2) is 5.82 Å². The summed E-state index contributed by atoms with van der Waals surface area (Å²) in [6, 6.07) is 3.80. The molecule has 1 saturated heterocycles. The number of halogens is 2. The number of nitrogens with one attached hydrogen (secondary N) is 2. The van der Waals surface area contributed by atoms with E-state index < -0.39 is 18.0 Å². The van der Waals surface area contributed by atoms with E-state index in [0.29, 0.717) is 6.54 Å². The molecule has 1 aromatic carbocycles. The van der Waals surface area contributed by atoms with Gasteiger partial charge in [0.2, 0.25) is 0 Å². The van der Waals surface area contributed by atoms with Gasteiger partial charge in [0, 0.05) is 13.1 Å². The van der Waals surface area contributed by atoms with Crippen LogP contribution in [-0.4, -0.2) is 48.3 Å². The molecule has 122 valence electrons.